The fourth-order valence-corrected chi connectivity index (χ4v) is 5.09. The molecule has 1 saturated heterocycles. The van der Waals surface area contributed by atoms with Crippen LogP contribution < -0.4 is 10.2 Å². The number of hydrogen-bond donors (Lipinski definition) is 1. The Balaban J connectivity index is 0.00000385. The van der Waals surface area contributed by atoms with Gasteiger partial charge < -0.3 is 10.2 Å². The highest BCUT2D eigenvalue weighted by molar-refractivity contribution is 7.10. The van der Waals surface area contributed by atoms with E-state index in [-0.39, 0.29) is 41.6 Å². The van der Waals surface area contributed by atoms with E-state index in [4.69, 9.17) is 11.6 Å². The van der Waals surface area contributed by atoms with Crippen LogP contribution in [0.4, 0.5) is 18.9 Å². The number of benzene rings is 1. The van der Waals surface area contributed by atoms with E-state index >= 15 is 0 Å². The lowest BCUT2D eigenvalue weighted by atomic mass is 10.0. The first-order chi connectivity index (χ1) is 15.0. The minimum absolute atomic E-state index is 0. The van der Waals surface area contributed by atoms with Gasteiger partial charge in [-0.2, -0.15) is 13.2 Å². The van der Waals surface area contributed by atoms with Crippen LogP contribution in [0.15, 0.2) is 35.7 Å². The number of hydrogen-bond acceptors (Lipinski definition) is 4. The number of rotatable bonds is 5. The van der Waals surface area contributed by atoms with Crippen molar-refractivity contribution in [1.29, 1.82) is 0 Å². The Hall–Kier alpha value is -1.81. The molecule has 1 unspecified atom stereocenters. The average molecular weight is 524 g/mol. The molecule has 0 bridgehead atoms. The lowest BCUT2D eigenvalue weighted by molar-refractivity contribution is -0.138. The number of halogens is 5. The Morgan fingerprint density at radius 3 is 2.36 bits per heavy atom. The number of piperazine rings is 1. The van der Waals surface area contributed by atoms with Crippen molar-refractivity contribution in [3.8, 4) is 0 Å². The third-order valence-corrected chi connectivity index (χ3v) is 6.58. The van der Waals surface area contributed by atoms with Crippen LogP contribution in [0.2, 0.25) is 0 Å². The van der Waals surface area contributed by atoms with Crippen molar-refractivity contribution < 1.29 is 22.8 Å². The fraction of sp³-hybridized carbons (Fsp3) is 0.455. The Morgan fingerprint density at radius 2 is 1.85 bits per heavy atom. The molecule has 3 atom stereocenters. The zero-order valence-corrected chi connectivity index (χ0v) is 20.7. The number of nitrogens with one attached hydrogen (secondary N) is 1. The molecule has 33 heavy (non-hydrogen) atoms. The van der Waals surface area contributed by atoms with Gasteiger partial charge in [-0.25, -0.2) is 0 Å². The summed E-state index contributed by atoms with van der Waals surface area (Å²) in [7, 11) is 0. The van der Waals surface area contributed by atoms with E-state index in [2.05, 4.69) is 5.32 Å². The summed E-state index contributed by atoms with van der Waals surface area (Å²) < 4.78 is 40.7. The van der Waals surface area contributed by atoms with Crippen LogP contribution in [0.1, 0.15) is 35.9 Å². The molecular formula is C22H26Cl2F3N3O2S. The maximum absolute atomic E-state index is 13.8. The van der Waals surface area contributed by atoms with Gasteiger partial charge in [0, 0.05) is 35.7 Å². The van der Waals surface area contributed by atoms with Crippen LogP contribution in [0.5, 0.6) is 0 Å². The van der Waals surface area contributed by atoms with Crippen LogP contribution in [-0.4, -0.2) is 47.8 Å². The van der Waals surface area contributed by atoms with Crippen LogP contribution in [0, 0.1) is 6.92 Å². The average Bonchev–Trinajstić information content (AvgIpc) is 3.24. The number of anilines is 1. The van der Waals surface area contributed by atoms with Crippen LogP contribution in [-0.2, 0) is 15.8 Å². The molecule has 0 radical (unpaired) electrons. The van der Waals surface area contributed by atoms with E-state index in [0.717, 1.165) is 11.0 Å². The van der Waals surface area contributed by atoms with E-state index in [0.29, 0.717) is 18.0 Å². The molecule has 1 fully saturated rings. The minimum Gasteiger partial charge on any atom is -0.337 e. The second-order valence-corrected chi connectivity index (χ2v) is 9.22. The molecule has 1 N–H and O–H groups in total. The first kappa shape index (κ1) is 27.4. The number of alkyl halides is 4. The fourth-order valence-electron chi connectivity index (χ4n) is 4.16. The van der Waals surface area contributed by atoms with Gasteiger partial charge in [0.1, 0.15) is 11.9 Å². The summed E-state index contributed by atoms with van der Waals surface area (Å²) in [6, 6.07) is 6.05. The number of carbonyl (C=O) groups excluding carboxylic acids is 2. The summed E-state index contributed by atoms with van der Waals surface area (Å²) in [5.41, 5.74) is -0.965. The molecule has 11 heteroatoms. The normalized spacial score (nSPS) is 19.5. The molecule has 0 aliphatic carbocycles. The highest BCUT2D eigenvalue weighted by Gasteiger charge is 2.40. The van der Waals surface area contributed by atoms with Gasteiger partial charge in [0.15, 0.2) is 0 Å². The van der Waals surface area contributed by atoms with E-state index in [1.165, 1.54) is 30.4 Å². The van der Waals surface area contributed by atoms with Crippen molar-refractivity contribution in [2.45, 2.75) is 45.1 Å². The maximum atomic E-state index is 13.8. The smallest absolute Gasteiger partial charge is 0.337 e. The Kier molecular flexibility index (Phi) is 9.21. The maximum Gasteiger partial charge on any atom is 0.416 e. The summed E-state index contributed by atoms with van der Waals surface area (Å²) in [6.45, 7) is 6.06. The predicted molar refractivity (Wildman–Crippen MR) is 127 cm³/mol. The third-order valence-electron chi connectivity index (χ3n) is 5.43. The van der Waals surface area contributed by atoms with E-state index in [1.807, 2.05) is 13.8 Å². The van der Waals surface area contributed by atoms with Gasteiger partial charge in [0.05, 0.1) is 5.56 Å². The van der Waals surface area contributed by atoms with Gasteiger partial charge in [-0.15, -0.1) is 35.3 Å². The SMILES string of the molecule is Cc1c(N(C(=O)CCl)C(C(=O)N2C[C@@H](C)N[C@@H](C)C2)c2cccs2)cccc1C(F)(F)F.Cl. The monoisotopic (exact) mass is 523 g/mol. The van der Waals surface area contributed by atoms with Crippen molar-refractivity contribution >= 4 is 52.8 Å². The van der Waals surface area contributed by atoms with Crippen molar-refractivity contribution in [3.05, 3.63) is 51.7 Å². The van der Waals surface area contributed by atoms with Gasteiger partial charge in [0.25, 0.3) is 5.91 Å². The van der Waals surface area contributed by atoms with Crippen molar-refractivity contribution in [3.63, 3.8) is 0 Å². The highest BCUT2D eigenvalue weighted by Crippen LogP contribution is 2.39. The molecule has 5 nitrogen and oxygen atoms in total. The lowest BCUT2D eigenvalue weighted by Gasteiger charge is -2.40. The first-order valence-electron chi connectivity index (χ1n) is 10.2. The van der Waals surface area contributed by atoms with Gasteiger partial charge >= 0.3 is 6.18 Å². The van der Waals surface area contributed by atoms with Crippen molar-refractivity contribution in [1.82, 2.24) is 10.2 Å². The summed E-state index contributed by atoms with van der Waals surface area (Å²) in [5, 5.41) is 5.11. The second kappa shape index (κ2) is 11.1. The molecule has 182 valence electrons. The lowest BCUT2D eigenvalue weighted by Crippen LogP contribution is -2.58. The first-order valence-corrected chi connectivity index (χ1v) is 11.6. The molecule has 1 aliphatic rings. The van der Waals surface area contributed by atoms with Crippen LogP contribution >= 0.6 is 35.3 Å². The summed E-state index contributed by atoms with van der Waals surface area (Å²) >= 11 is 7.15. The van der Waals surface area contributed by atoms with E-state index in [9.17, 15) is 22.8 Å². The van der Waals surface area contributed by atoms with Crippen molar-refractivity contribution in [2.24, 2.45) is 0 Å². The predicted octanol–water partition coefficient (Wildman–Crippen LogP) is 5.02. The van der Waals surface area contributed by atoms with Crippen LogP contribution in [0.25, 0.3) is 0 Å². The largest absolute Gasteiger partial charge is 0.416 e. The number of thiophene rings is 1. The molecule has 2 amide bonds. The quantitative estimate of drug-likeness (QED) is 0.560. The Labute approximate surface area is 206 Å². The molecule has 0 saturated carbocycles. The molecule has 3 rings (SSSR count). The molecule has 1 aliphatic heterocycles. The van der Waals surface area contributed by atoms with Crippen molar-refractivity contribution in [2.75, 3.05) is 23.9 Å². The Bertz CT molecular complexity index is 962. The molecule has 2 heterocycles. The van der Waals surface area contributed by atoms with E-state index in [1.54, 1.807) is 22.4 Å². The standard InChI is InChI=1S/C22H25ClF3N3O2S.ClH/c1-13-11-28(12-14(2)27-13)21(31)20(18-8-5-9-32-18)29(19(30)10-23)17-7-4-6-16(15(17)3)22(24,25)26;/h4-9,13-14,20,27H,10-12H2,1-3H3;1H/t13-,14+,20?;. The molecule has 1 aromatic heterocycles. The van der Waals surface area contributed by atoms with Gasteiger partial charge in [0.2, 0.25) is 5.91 Å². The summed E-state index contributed by atoms with van der Waals surface area (Å²) in [5.74, 6) is -1.46. The minimum atomic E-state index is -4.60. The number of nitrogens with zero attached hydrogens (tertiary/aromatic N) is 2. The van der Waals surface area contributed by atoms with E-state index < -0.39 is 29.6 Å². The highest BCUT2D eigenvalue weighted by atomic mass is 35.5. The Morgan fingerprint density at radius 1 is 1.21 bits per heavy atom. The molecular weight excluding hydrogens is 498 g/mol. The van der Waals surface area contributed by atoms with Gasteiger partial charge in [-0.05, 0) is 49.9 Å². The third kappa shape index (κ3) is 6.01. The second-order valence-electron chi connectivity index (χ2n) is 7.97. The zero-order chi connectivity index (χ0) is 23.6. The number of carbonyl (C=O) groups is 2. The van der Waals surface area contributed by atoms with Crippen LogP contribution in [0.3, 0.4) is 0 Å². The molecule has 2 aromatic rings. The van der Waals surface area contributed by atoms with Gasteiger partial charge in [-0.1, -0.05) is 12.1 Å². The zero-order valence-electron chi connectivity index (χ0n) is 18.4. The summed E-state index contributed by atoms with van der Waals surface area (Å²) in [4.78, 5) is 30.1. The summed E-state index contributed by atoms with van der Waals surface area (Å²) in [6.07, 6.45) is -4.60. The van der Waals surface area contributed by atoms with Gasteiger partial charge in [-0.3, -0.25) is 14.5 Å². The molecule has 0 spiro atoms. The number of amides is 2. The molecule has 1 aromatic carbocycles. The topological polar surface area (TPSA) is 52.7 Å².